The Bertz CT molecular complexity index is 397. The first-order chi connectivity index (χ1) is 8.65. The summed E-state index contributed by atoms with van der Waals surface area (Å²) in [5.74, 6) is 0.141. The van der Waals surface area contributed by atoms with Crippen molar-refractivity contribution in [1.29, 1.82) is 0 Å². The van der Waals surface area contributed by atoms with Gasteiger partial charge in [-0.2, -0.15) is 0 Å². The number of halogens is 1. The molecule has 0 aliphatic heterocycles. The van der Waals surface area contributed by atoms with Gasteiger partial charge in [0.2, 0.25) is 5.91 Å². The summed E-state index contributed by atoms with van der Waals surface area (Å²) >= 11 is 5.79. The molecule has 0 bridgehead atoms. The summed E-state index contributed by atoms with van der Waals surface area (Å²) < 4.78 is 0. The van der Waals surface area contributed by atoms with E-state index in [9.17, 15) is 9.90 Å². The number of amides is 1. The highest BCUT2D eigenvalue weighted by atomic mass is 35.5. The number of benzene rings is 1. The number of phenols is 1. The first-order valence-corrected chi connectivity index (χ1v) is 6.46. The second-order valence-electron chi connectivity index (χ2n) is 4.02. The SMILES string of the molecule is CCCNC(=O)CCNCc1cccc(Cl)c1O. The minimum Gasteiger partial charge on any atom is -0.506 e. The van der Waals surface area contributed by atoms with Crippen molar-refractivity contribution in [2.75, 3.05) is 13.1 Å². The lowest BCUT2D eigenvalue weighted by molar-refractivity contribution is -0.120. The summed E-state index contributed by atoms with van der Waals surface area (Å²) in [6, 6.07) is 5.22. The van der Waals surface area contributed by atoms with Crippen molar-refractivity contribution in [3.63, 3.8) is 0 Å². The van der Waals surface area contributed by atoms with Gasteiger partial charge in [-0.25, -0.2) is 0 Å². The highest BCUT2D eigenvalue weighted by Crippen LogP contribution is 2.26. The van der Waals surface area contributed by atoms with Crippen LogP contribution >= 0.6 is 11.6 Å². The van der Waals surface area contributed by atoms with E-state index >= 15 is 0 Å². The molecule has 100 valence electrons. The Morgan fingerprint density at radius 3 is 2.89 bits per heavy atom. The highest BCUT2D eigenvalue weighted by molar-refractivity contribution is 6.32. The highest BCUT2D eigenvalue weighted by Gasteiger charge is 2.05. The van der Waals surface area contributed by atoms with Gasteiger partial charge in [-0.1, -0.05) is 30.7 Å². The van der Waals surface area contributed by atoms with Crippen LogP contribution in [0.3, 0.4) is 0 Å². The number of hydrogen-bond donors (Lipinski definition) is 3. The lowest BCUT2D eigenvalue weighted by atomic mass is 10.2. The molecule has 0 aliphatic carbocycles. The lowest BCUT2D eigenvalue weighted by Crippen LogP contribution is -2.28. The minimum absolute atomic E-state index is 0.0414. The number of carbonyl (C=O) groups is 1. The summed E-state index contributed by atoms with van der Waals surface area (Å²) in [4.78, 5) is 11.3. The average Bonchev–Trinajstić information content (AvgIpc) is 2.37. The third-order valence-electron chi connectivity index (χ3n) is 2.49. The molecule has 1 aromatic carbocycles. The lowest BCUT2D eigenvalue weighted by Gasteiger charge is -2.08. The Morgan fingerprint density at radius 1 is 1.39 bits per heavy atom. The predicted octanol–water partition coefficient (Wildman–Crippen LogP) is 2.05. The van der Waals surface area contributed by atoms with Crippen molar-refractivity contribution in [1.82, 2.24) is 10.6 Å². The third-order valence-corrected chi connectivity index (χ3v) is 2.79. The van der Waals surface area contributed by atoms with Crippen LogP contribution in [0, 0.1) is 0 Å². The molecule has 0 aromatic heterocycles. The zero-order chi connectivity index (χ0) is 13.4. The molecule has 0 aliphatic rings. The van der Waals surface area contributed by atoms with E-state index in [1.807, 2.05) is 6.92 Å². The van der Waals surface area contributed by atoms with Gasteiger partial charge in [0.05, 0.1) is 5.02 Å². The van der Waals surface area contributed by atoms with Gasteiger partial charge in [0, 0.05) is 31.6 Å². The Hall–Kier alpha value is -1.26. The molecule has 1 amide bonds. The van der Waals surface area contributed by atoms with E-state index in [1.165, 1.54) is 0 Å². The van der Waals surface area contributed by atoms with Gasteiger partial charge in [0.1, 0.15) is 5.75 Å². The zero-order valence-corrected chi connectivity index (χ0v) is 11.3. The number of aromatic hydroxyl groups is 1. The maximum Gasteiger partial charge on any atom is 0.221 e. The summed E-state index contributed by atoms with van der Waals surface area (Å²) in [5.41, 5.74) is 0.733. The van der Waals surface area contributed by atoms with Crippen LogP contribution in [-0.4, -0.2) is 24.1 Å². The van der Waals surface area contributed by atoms with Crippen LogP contribution in [0.4, 0.5) is 0 Å². The van der Waals surface area contributed by atoms with Crippen LogP contribution in [-0.2, 0) is 11.3 Å². The van der Waals surface area contributed by atoms with Gasteiger partial charge in [-0.05, 0) is 12.5 Å². The molecule has 1 rings (SSSR count). The zero-order valence-electron chi connectivity index (χ0n) is 10.5. The van der Waals surface area contributed by atoms with Crippen LogP contribution in [0.1, 0.15) is 25.3 Å². The molecule has 0 unspecified atom stereocenters. The molecule has 3 N–H and O–H groups in total. The van der Waals surface area contributed by atoms with Crippen molar-refractivity contribution in [2.45, 2.75) is 26.3 Å². The van der Waals surface area contributed by atoms with E-state index in [4.69, 9.17) is 11.6 Å². The molecular weight excluding hydrogens is 252 g/mol. The smallest absolute Gasteiger partial charge is 0.221 e. The van der Waals surface area contributed by atoms with Crippen molar-refractivity contribution >= 4 is 17.5 Å². The number of para-hydroxylation sites is 1. The third kappa shape index (κ3) is 4.94. The van der Waals surface area contributed by atoms with Gasteiger partial charge < -0.3 is 15.7 Å². The van der Waals surface area contributed by atoms with E-state index in [-0.39, 0.29) is 11.7 Å². The number of carbonyl (C=O) groups excluding carboxylic acids is 1. The predicted molar refractivity (Wildman–Crippen MR) is 72.7 cm³/mol. The van der Waals surface area contributed by atoms with E-state index < -0.39 is 0 Å². The molecule has 4 nitrogen and oxygen atoms in total. The Labute approximate surface area is 112 Å². The second-order valence-corrected chi connectivity index (χ2v) is 4.43. The number of hydrogen-bond acceptors (Lipinski definition) is 3. The van der Waals surface area contributed by atoms with Crippen LogP contribution < -0.4 is 10.6 Å². The van der Waals surface area contributed by atoms with E-state index in [0.29, 0.717) is 31.1 Å². The van der Waals surface area contributed by atoms with Gasteiger partial charge >= 0.3 is 0 Å². The standard InChI is InChI=1S/C13H19ClN2O2/c1-2-7-16-12(17)6-8-15-9-10-4-3-5-11(14)13(10)18/h3-5,15,18H,2,6-9H2,1H3,(H,16,17). The Balaban J connectivity index is 2.25. The van der Waals surface area contributed by atoms with Gasteiger partial charge in [-0.3, -0.25) is 4.79 Å². The maximum absolute atomic E-state index is 11.3. The molecule has 0 saturated heterocycles. The van der Waals surface area contributed by atoms with Gasteiger partial charge in [0.25, 0.3) is 0 Å². The van der Waals surface area contributed by atoms with Crippen LogP contribution in [0.5, 0.6) is 5.75 Å². The fourth-order valence-corrected chi connectivity index (χ4v) is 1.67. The molecular formula is C13H19ClN2O2. The molecule has 0 radical (unpaired) electrons. The average molecular weight is 271 g/mol. The monoisotopic (exact) mass is 270 g/mol. The van der Waals surface area contributed by atoms with Crippen LogP contribution in [0.15, 0.2) is 18.2 Å². The van der Waals surface area contributed by atoms with Crippen molar-refractivity contribution in [3.05, 3.63) is 28.8 Å². The first-order valence-electron chi connectivity index (χ1n) is 6.09. The molecule has 18 heavy (non-hydrogen) atoms. The Kier molecular flexibility index (Phi) is 6.54. The molecule has 5 heteroatoms. The fourth-order valence-electron chi connectivity index (χ4n) is 1.48. The van der Waals surface area contributed by atoms with E-state index in [0.717, 1.165) is 12.0 Å². The topological polar surface area (TPSA) is 61.4 Å². The largest absolute Gasteiger partial charge is 0.506 e. The summed E-state index contributed by atoms with van der Waals surface area (Å²) in [6.45, 7) is 3.79. The van der Waals surface area contributed by atoms with Gasteiger partial charge in [0.15, 0.2) is 0 Å². The molecule has 0 atom stereocenters. The maximum atomic E-state index is 11.3. The molecule has 0 saturated carbocycles. The quantitative estimate of drug-likeness (QED) is 0.665. The summed E-state index contributed by atoms with van der Waals surface area (Å²) in [6.07, 6.45) is 1.37. The summed E-state index contributed by atoms with van der Waals surface area (Å²) in [7, 11) is 0. The van der Waals surface area contributed by atoms with Crippen LogP contribution in [0.2, 0.25) is 5.02 Å². The van der Waals surface area contributed by atoms with Crippen molar-refractivity contribution in [2.24, 2.45) is 0 Å². The molecule has 0 spiro atoms. The van der Waals surface area contributed by atoms with Crippen molar-refractivity contribution in [3.8, 4) is 5.75 Å². The fraction of sp³-hybridized carbons (Fsp3) is 0.462. The number of nitrogens with one attached hydrogen (secondary N) is 2. The summed E-state index contributed by atoms with van der Waals surface area (Å²) in [5, 5.41) is 15.9. The van der Waals surface area contributed by atoms with Crippen LogP contribution in [0.25, 0.3) is 0 Å². The van der Waals surface area contributed by atoms with E-state index in [2.05, 4.69) is 10.6 Å². The molecule has 0 fully saturated rings. The van der Waals surface area contributed by atoms with E-state index in [1.54, 1.807) is 18.2 Å². The minimum atomic E-state index is 0.0414. The molecule has 1 aromatic rings. The number of phenolic OH excluding ortho intramolecular Hbond substituents is 1. The molecule has 0 heterocycles. The Morgan fingerprint density at radius 2 is 2.17 bits per heavy atom. The number of rotatable bonds is 7. The normalized spacial score (nSPS) is 10.3. The van der Waals surface area contributed by atoms with Crippen molar-refractivity contribution < 1.29 is 9.90 Å². The second kappa shape index (κ2) is 7.95. The van der Waals surface area contributed by atoms with Gasteiger partial charge in [-0.15, -0.1) is 0 Å². The first kappa shape index (κ1) is 14.8.